The van der Waals surface area contributed by atoms with E-state index in [1.807, 2.05) is 30.9 Å². The lowest BCUT2D eigenvalue weighted by Gasteiger charge is -2.39. The van der Waals surface area contributed by atoms with Gasteiger partial charge in [-0.2, -0.15) is 10.1 Å². The highest BCUT2D eigenvalue weighted by Gasteiger charge is 2.41. The molecular weight excluding hydrogens is 497 g/mol. The summed E-state index contributed by atoms with van der Waals surface area (Å²) in [6.45, 7) is 0. The first-order chi connectivity index (χ1) is 16.5. The van der Waals surface area contributed by atoms with Gasteiger partial charge in [-0.3, -0.25) is 0 Å². The summed E-state index contributed by atoms with van der Waals surface area (Å²) in [4.78, 5) is 6.48. The van der Waals surface area contributed by atoms with E-state index in [4.69, 9.17) is 4.74 Å². The van der Waals surface area contributed by atoms with Gasteiger partial charge in [0.25, 0.3) is 0 Å². The molecule has 6 rings (SSSR count). The Morgan fingerprint density at radius 2 is 1.74 bits per heavy atom. The lowest BCUT2D eigenvalue weighted by atomic mass is 9.84. The number of benzene rings is 3. The molecule has 0 aliphatic carbocycles. The van der Waals surface area contributed by atoms with Crippen molar-refractivity contribution in [1.29, 1.82) is 0 Å². The van der Waals surface area contributed by atoms with Gasteiger partial charge in [0.2, 0.25) is 5.95 Å². The zero-order valence-corrected chi connectivity index (χ0v) is 20.1. The number of nitrogens with one attached hydrogen (secondary N) is 1. The van der Waals surface area contributed by atoms with E-state index >= 15 is 0 Å². The molecule has 0 radical (unpaired) electrons. The van der Waals surface area contributed by atoms with Crippen molar-refractivity contribution in [3.8, 4) is 5.75 Å². The standard InChI is InChI=1S/C26H21BrFN5O/c1-32(2)19-10-5-16(6-11-19)25-22-23(20-13-18(28)9-12-21(20)34-25)31-26-29-14-30-33(26)24(22)15-3-7-17(27)8-4-15/h3-14,24-25H,1-2H3,(H,29,30,31)/t24-,25+/m0/s1. The Labute approximate surface area is 204 Å². The average molecular weight is 518 g/mol. The summed E-state index contributed by atoms with van der Waals surface area (Å²) in [5, 5.41) is 7.94. The molecule has 8 heteroatoms. The van der Waals surface area contributed by atoms with Crippen molar-refractivity contribution in [2.45, 2.75) is 12.1 Å². The number of fused-ring (bicyclic) bond motifs is 3. The molecule has 0 fully saturated rings. The van der Waals surface area contributed by atoms with Crippen molar-refractivity contribution in [1.82, 2.24) is 14.8 Å². The molecule has 0 saturated heterocycles. The number of nitrogens with zero attached hydrogens (tertiary/aromatic N) is 4. The van der Waals surface area contributed by atoms with E-state index in [2.05, 4.69) is 72.6 Å². The van der Waals surface area contributed by atoms with Crippen LogP contribution in [0.5, 0.6) is 5.75 Å². The molecule has 34 heavy (non-hydrogen) atoms. The van der Waals surface area contributed by atoms with Crippen LogP contribution in [0, 0.1) is 5.82 Å². The Kier molecular flexibility index (Phi) is 4.91. The highest BCUT2D eigenvalue weighted by Crippen LogP contribution is 2.50. The van der Waals surface area contributed by atoms with Gasteiger partial charge in [0.15, 0.2) is 0 Å². The van der Waals surface area contributed by atoms with Crippen LogP contribution in [0.15, 0.2) is 83.1 Å². The maximum atomic E-state index is 14.3. The van der Waals surface area contributed by atoms with Crippen molar-refractivity contribution < 1.29 is 9.13 Å². The predicted molar refractivity (Wildman–Crippen MR) is 133 cm³/mol. The Balaban J connectivity index is 1.59. The largest absolute Gasteiger partial charge is 0.480 e. The van der Waals surface area contributed by atoms with E-state index in [-0.39, 0.29) is 11.9 Å². The maximum Gasteiger partial charge on any atom is 0.226 e. The zero-order valence-electron chi connectivity index (χ0n) is 18.5. The first-order valence-electron chi connectivity index (χ1n) is 10.9. The van der Waals surface area contributed by atoms with Gasteiger partial charge in [-0.1, -0.05) is 40.2 Å². The molecule has 6 nitrogen and oxygen atoms in total. The molecule has 3 heterocycles. The van der Waals surface area contributed by atoms with Crippen LogP contribution in [0.1, 0.15) is 28.8 Å². The second-order valence-electron chi connectivity index (χ2n) is 8.56. The molecule has 0 amide bonds. The summed E-state index contributed by atoms with van der Waals surface area (Å²) in [5.74, 6) is 0.902. The van der Waals surface area contributed by atoms with Crippen molar-refractivity contribution in [3.63, 3.8) is 0 Å². The van der Waals surface area contributed by atoms with Gasteiger partial charge in [0.1, 0.15) is 30.0 Å². The molecule has 0 bridgehead atoms. The smallest absolute Gasteiger partial charge is 0.226 e. The third-order valence-electron chi connectivity index (χ3n) is 6.27. The highest BCUT2D eigenvalue weighted by molar-refractivity contribution is 9.10. The summed E-state index contributed by atoms with van der Waals surface area (Å²) in [6.07, 6.45) is 1.13. The van der Waals surface area contributed by atoms with E-state index in [1.165, 1.54) is 18.5 Å². The minimum Gasteiger partial charge on any atom is -0.480 e. The van der Waals surface area contributed by atoms with Crippen LogP contribution in [0.4, 0.5) is 16.0 Å². The summed E-state index contributed by atoms with van der Waals surface area (Å²) >= 11 is 3.53. The summed E-state index contributed by atoms with van der Waals surface area (Å²) in [5.41, 5.74) is 5.56. The Bertz CT molecular complexity index is 1410. The van der Waals surface area contributed by atoms with Crippen LogP contribution in [-0.2, 0) is 0 Å². The second-order valence-corrected chi connectivity index (χ2v) is 9.48. The summed E-state index contributed by atoms with van der Waals surface area (Å²) in [6, 6.07) is 20.8. The summed E-state index contributed by atoms with van der Waals surface area (Å²) in [7, 11) is 4.02. The minimum absolute atomic E-state index is 0.281. The van der Waals surface area contributed by atoms with Gasteiger partial charge in [-0.15, -0.1) is 0 Å². The topological polar surface area (TPSA) is 55.2 Å². The molecule has 3 aromatic carbocycles. The lowest BCUT2D eigenvalue weighted by Crippen LogP contribution is -2.32. The molecule has 2 aliphatic rings. The van der Waals surface area contributed by atoms with E-state index < -0.39 is 6.10 Å². The van der Waals surface area contributed by atoms with Crippen molar-refractivity contribution in [3.05, 3.63) is 106 Å². The van der Waals surface area contributed by atoms with E-state index in [0.717, 1.165) is 32.6 Å². The molecule has 4 aromatic rings. The maximum absolute atomic E-state index is 14.3. The van der Waals surface area contributed by atoms with Crippen LogP contribution in [-0.4, -0.2) is 28.9 Å². The zero-order chi connectivity index (χ0) is 23.4. The molecule has 1 aromatic heterocycles. The number of anilines is 2. The van der Waals surface area contributed by atoms with E-state index in [0.29, 0.717) is 17.3 Å². The molecule has 2 aliphatic heterocycles. The van der Waals surface area contributed by atoms with E-state index in [9.17, 15) is 4.39 Å². The van der Waals surface area contributed by atoms with Crippen LogP contribution < -0.4 is 15.0 Å². The van der Waals surface area contributed by atoms with Gasteiger partial charge in [-0.05, 0) is 53.6 Å². The molecular formula is C26H21BrFN5O. The minimum atomic E-state index is -0.400. The third-order valence-corrected chi connectivity index (χ3v) is 6.80. The normalized spacial score (nSPS) is 18.4. The Morgan fingerprint density at radius 1 is 1.00 bits per heavy atom. The molecule has 0 saturated carbocycles. The monoisotopic (exact) mass is 517 g/mol. The fourth-order valence-corrected chi connectivity index (χ4v) is 4.89. The lowest BCUT2D eigenvalue weighted by molar-refractivity contribution is 0.222. The summed E-state index contributed by atoms with van der Waals surface area (Å²) < 4.78 is 23.8. The Morgan fingerprint density at radius 3 is 2.47 bits per heavy atom. The van der Waals surface area contributed by atoms with Crippen molar-refractivity contribution >= 4 is 33.3 Å². The molecule has 170 valence electrons. The number of ether oxygens (including phenoxy) is 1. The number of aromatic nitrogens is 3. The Hall–Kier alpha value is -3.65. The highest BCUT2D eigenvalue weighted by atomic mass is 79.9. The fraction of sp³-hybridized carbons (Fsp3) is 0.154. The van der Waals surface area contributed by atoms with E-state index in [1.54, 1.807) is 6.07 Å². The fourth-order valence-electron chi connectivity index (χ4n) is 4.63. The van der Waals surface area contributed by atoms with Crippen LogP contribution >= 0.6 is 15.9 Å². The van der Waals surface area contributed by atoms with Gasteiger partial charge < -0.3 is 15.0 Å². The number of halogens is 2. The quantitative estimate of drug-likeness (QED) is 0.371. The first-order valence-corrected chi connectivity index (χ1v) is 11.7. The van der Waals surface area contributed by atoms with Crippen LogP contribution in [0.3, 0.4) is 0 Å². The van der Waals surface area contributed by atoms with Gasteiger partial charge >= 0.3 is 0 Å². The number of hydrogen-bond acceptors (Lipinski definition) is 5. The van der Waals surface area contributed by atoms with Gasteiger partial charge in [-0.25, -0.2) is 9.07 Å². The van der Waals surface area contributed by atoms with Gasteiger partial charge in [0.05, 0.1) is 5.70 Å². The average Bonchev–Trinajstić information content (AvgIpc) is 3.31. The van der Waals surface area contributed by atoms with Gasteiger partial charge in [0, 0.05) is 35.4 Å². The SMILES string of the molecule is CN(C)c1ccc([C@H]2Oc3ccc(F)cc3C3=C2[C@H](c2ccc(Br)cc2)n2ncnc2N3)cc1. The van der Waals surface area contributed by atoms with Crippen LogP contribution in [0.25, 0.3) is 5.70 Å². The molecule has 1 N–H and O–H groups in total. The van der Waals surface area contributed by atoms with Crippen molar-refractivity contribution in [2.24, 2.45) is 0 Å². The third kappa shape index (κ3) is 3.37. The molecule has 2 atom stereocenters. The van der Waals surface area contributed by atoms with Crippen molar-refractivity contribution in [2.75, 3.05) is 24.3 Å². The predicted octanol–water partition coefficient (Wildman–Crippen LogP) is 5.81. The first kappa shape index (κ1) is 20.9. The molecule has 0 unspecified atom stereocenters. The molecule has 0 spiro atoms. The number of hydrogen-bond donors (Lipinski definition) is 1. The number of rotatable bonds is 3. The second kappa shape index (κ2) is 7.99. The van der Waals surface area contributed by atoms with Crippen LogP contribution in [0.2, 0.25) is 0 Å².